The predicted molar refractivity (Wildman–Crippen MR) is 78.0 cm³/mol. The summed E-state index contributed by atoms with van der Waals surface area (Å²) in [6, 6.07) is 14.6. The highest BCUT2D eigenvalue weighted by Crippen LogP contribution is 2.27. The molecule has 1 atom stereocenters. The summed E-state index contributed by atoms with van der Waals surface area (Å²) in [5.74, 6) is 0. The topological polar surface area (TPSA) is 37.7 Å². The summed E-state index contributed by atoms with van der Waals surface area (Å²) in [5, 5.41) is 6.38. The molecular formula is C16H17N3O. The monoisotopic (exact) mass is 267 g/mol. The fourth-order valence-electron chi connectivity index (χ4n) is 2.30. The first-order valence-corrected chi connectivity index (χ1v) is 6.74. The lowest BCUT2D eigenvalue weighted by molar-refractivity contribution is 0.00411. The van der Waals surface area contributed by atoms with Gasteiger partial charge in [0, 0.05) is 25.0 Å². The van der Waals surface area contributed by atoms with Crippen molar-refractivity contribution in [3.63, 3.8) is 0 Å². The van der Waals surface area contributed by atoms with E-state index in [4.69, 9.17) is 4.74 Å². The molecule has 0 saturated heterocycles. The van der Waals surface area contributed by atoms with Gasteiger partial charge in [0.15, 0.2) is 0 Å². The summed E-state index contributed by atoms with van der Waals surface area (Å²) < 4.78 is 5.73. The number of pyridine rings is 1. The van der Waals surface area contributed by atoms with Gasteiger partial charge in [0.25, 0.3) is 0 Å². The Bertz CT molecular complexity index is 556. The first-order valence-electron chi connectivity index (χ1n) is 6.74. The molecule has 1 unspecified atom stereocenters. The molecular weight excluding hydrogens is 250 g/mol. The van der Waals surface area contributed by atoms with E-state index in [0.29, 0.717) is 13.3 Å². The summed E-state index contributed by atoms with van der Waals surface area (Å²) in [5.41, 5.74) is 2.35. The van der Waals surface area contributed by atoms with Gasteiger partial charge in [-0.2, -0.15) is 5.10 Å². The summed E-state index contributed by atoms with van der Waals surface area (Å²) in [6.07, 6.45) is 6.47. The van der Waals surface area contributed by atoms with Crippen molar-refractivity contribution in [2.75, 3.05) is 6.73 Å². The molecule has 1 aromatic carbocycles. The van der Waals surface area contributed by atoms with E-state index >= 15 is 0 Å². The number of nitrogens with zero attached hydrogens (tertiary/aromatic N) is 3. The Hall–Kier alpha value is -2.20. The van der Waals surface area contributed by atoms with Crippen LogP contribution in [0.4, 0.5) is 0 Å². The Morgan fingerprint density at radius 3 is 2.85 bits per heavy atom. The van der Waals surface area contributed by atoms with Crippen LogP contribution in [0.5, 0.6) is 0 Å². The first kappa shape index (κ1) is 12.8. The maximum atomic E-state index is 5.73. The lowest BCUT2D eigenvalue weighted by Gasteiger charge is -2.23. The molecule has 0 fully saturated rings. The van der Waals surface area contributed by atoms with Crippen LogP contribution < -0.4 is 0 Å². The standard InChI is InChI=1S/C16H17N3O/c1-2-6-15(7-3-1)16-8-10-18-19(16)13-20-12-14-5-4-9-17-11-14/h1-7,9-11,16H,8,12-13H2. The number of hydrogen-bond donors (Lipinski definition) is 0. The Balaban J connectivity index is 1.56. The zero-order valence-electron chi connectivity index (χ0n) is 11.2. The number of benzene rings is 1. The third-order valence-corrected chi connectivity index (χ3v) is 3.32. The van der Waals surface area contributed by atoms with Crippen LogP contribution in [0.1, 0.15) is 23.6 Å². The van der Waals surface area contributed by atoms with Gasteiger partial charge in [-0.25, -0.2) is 0 Å². The van der Waals surface area contributed by atoms with Gasteiger partial charge >= 0.3 is 0 Å². The summed E-state index contributed by atoms with van der Waals surface area (Å²) in [7, 11) is 0. The van der Waals surface area contributed by atoms with Gasteiger partial charge in [0.05, 0.1) is 12.6 Å². The van der Waals surface area contributed by atoms with E-state index < -0.39 is 0 Å². The van der Waals surface area contributed by atoms with Crippen molar-refractivity contribution in [2.24, 2.45) is 5.10 Å². The molecule has 1 aliphatic heterocycles. The van der Waals surface area contributed by atoms with Crippen molar-refractivity contribution >= 4 is 6.21 Å². The van der Waals surface area contributed by atoms with E-state index in [1.54, 1.807) is 6.20 Å². The van der Waals surface area contributed by atoms with Gasteiger partial charge in [-0.05, 0) is 17.2 Å². The highest BCUT2D eigenvalue weighted by atomic mass is 16.5. The number of aromatic nitrogens is 1. The molecule has 0 spiro atoms. The number of rotatable bonds is 5. The maximum Gasteiger partial charge on any atom is 0.136 e. The van der Waals surface area contributed by atoms with Crippen LogP contribution in [-0.4, -0.2) is 22.9 Å². The quantitative estimate of drug-likeness (QED) is 0.835. The minimum atomic E-state index is 0.282. The second-order valence-electron chi connectivity index (χ2n) is 4.74. The Morgan fingerprint density at radius 1 is 1.15 bits per heavy atom. The second kappa shape index (κ2) is 6.30. The molecule has 0 N–H and O–H groups in total. The largest absolute Gasteiger partial charge is 0.355 e. The molecule has 0 saturated carbocycles. The molecule has 0 aliphatic carbocycles. The highest BCUT2D eigenvalue weighted by molar-refractivity contribution is 5.60. The second-order valence-corrected chi connectivity index (χ2v) is 4.74. The molecule has 4 heteroatoms. The van der Waals surface area contributed by atoms with Gasteiger partial charge in [-0.1, -0.05) is 36.4 Å². The summed E-state index contributed by atoms with van der Waals surface area (Å²) in [6.45, 7) is 1.05. The third kappa shape index (κ3) is 3.03. The normalized spacial score (nSPS) is 17.6. The number of ether oxygens (including phenoxy) is 1. The van der Waals surface area contributed by atoms with Gasteiger partial charge < -0.3 is 4.74 Å². The first-order chi connectivity index (χ1) is 9.93. The molecule has 0 amide bonds. The lowest BCUT2D eigenvalue weighted by atomic mass is 10.1. The molecule has 2 aromatic rings. The molecule has 0 bridgehead atoms. The van der Waals surface area contributed by atoms with Crippen LogP contribution in [0, 0.1) is 0 Å². The van der Waals surface area contributed by atoms with Crippen molar-refractivity contribution in [1.29, 1.82) is 0 Å². The van der Waals surface area contributed by atoms with Crippen LogP contribution >= 0.6 is 0 Å². The molecule has 2 heterocycles. The number of hydrogen-bond acceptors (Lipinski definition) is 4. The van der Waals surface area contributed by atoms with E-state index in [0.717, 1.165) is 12.0 Å². The van der Waals surface area contributed by atoms with E-state index in [1.807, 2.05) is 35.6 Å². The molecule has 102 valence electrons. The molecule has 1 aliphatic rings. The lowest BCUT2D eigenvalue weighted by Crippen LogP contribution is -2.22. The van der Waals surface area contributed by atoms with E-state index in [9.17, 15) is 0 Å². The predicted octanol–water partition coefficient (Wildman–Crippen LogP) is 2.99. The molecule has 1 aromatic heterocycles. The van der Waals surface area contributed by atoms with Crippen molar-refractivity contribution in [3.8, 4) is 0 Å². The SMILES string of the molecule is C1=NN(COCc2cccnc2)C(c2ccccc2)C1. The molecule has 3 rings (SSSR count). The van der Waals surface area contributed by atoms with E-state index in [2.05, 4.69) is 34.4 Å². The summed E-state index contributed by atoms with van der Waals surface area (Å²) >= 11 is 0. The van der Waals surface area contributed by atoms with Gasteiger partial charge in [-0.15, -0.1) is 0 Å². The van der Waals surface area contributed by atoms with Crippen molar-refractivity contribution < 1.29 is 4.74 Å². The Kier molecular flexibility index (Phi) is 4.04. The van der Waals surface area contributed by atoms with Crippen molar-refractivity contribution in [1.82, 2.24) is 9.99 Å². The zero-order chi connectivity index (χ0) is 13.6. The molecule has 4 nitrogen and oxygen atoms in total. The maximum absolute atomic E-state index is 5.73. The average molecular weight is 267 g/mol. The number of hydrazone groups is 1. The fourth-order valence-corrected chi connectivity index (χ4v) is 2.30. The highest BCUT2D eigenvalue weighted by Gasteiger charge is 2.22. The van der Waals surface area contributed by atoms with Crippen LogP contribution in [-0.2, 0) is 11.3 Å². The Morgan fingerprint density at radius 2 is 2.05 bits per heavy atom. The van der Waals surface area contributed by atoms with Crippen LogP contribution in [0.2, 0.25) is 0 Å². The molecule has 0 radical (unpaired) electrons. The van der Waals surface area contributed by atoms with Crippen LogP contribution in [0.15, 0.2) is 60.0 Å². The Labute approximate surface area is 118 Å². The minimum Gasteiger partial charge on any atom is -0.355 e. The van der Waals surface area contributed by atoms with E-state index in [-0.39, 0.29) is 6.04 Å². The smallest absolute Gasteiger partial charge is 0.136 e. The van der Waals surface area contributed by atoms with Crippen LogP contribution in [0.25, 0.3) is 0 Å². The van der Waals surface area contributed by atoms with Gasteiger partial charge in [-0.3, -0.25) is 9.99 Å². The summed E-state index contributed by atoms with van der Waals surface area (Å²) in [4.78, 5) is 4.07. The van der Waals surface area contributed by atoms with Crippen molar-refractivity contribution in [3.05, 3.63) is 66.0 Å². The van der Waals surface area contributed by atoms with Gasteiger partial charge in [0.1, 0.15) is 6.73 Å². The minimum absolute atomic E-state index is 0.282. The van der Waals surface area contributed by atoms with E-state index in [1.165, 1.54) is 5.56 Å². The van der Waals surface area contributed by atoms with Crippen LogP contribution in [0.3, 0.4) is 0 Å². The fraction of sp³-hybridized carbons (Fsp3) is 0.250. The van der Waals surface area contributed by atoms with Crippen molar-refractivity contribution in [2.45, 2.75) is 19.1 Å². The van der Waals surface area contributed by atoms with Gasteiger partial charge in [0.2, 0.25) is 0 Å². The molecule has 20 heavy (non-hydrogen) atoms. The zero-order valence-corrected chi connectivity index (χ0v) is 11.2. The average Bonchev–Trinajstić information content (AvgIpc) is 2.98. The third-order valence-electron chi connectivity index (χ3n) is 3.32.